The average molecular weight is 349 g/mol. The predicted octanol–water partition coefficient (Wildman–Crippen LogP) is 2.81. The van der Waals surface area contributed by atoms with E-state index in [1.165, 1.54) is 17.8 Å². The fraction of sp³-hybridized carbons (Fsp3) is 0.714. The van der Waals surface area contributed by atoms with E-state index in [1.54, 1.807) is 6.07 Å². The Balaban J connectivity index is 2.06. The second-order valence-corrected chi connectivity index (χ2v) is 9.15. The molecular weight excluding hydrogens is 324 g/mol. The second-order valence-electron chi connectivity index (χ2n) is 5.33. The molecule has 2 atom stereocenters. The van der Waals surface area contributed by atoms with Crippen LogP contribution in [0.15, 0.2) is 16.3 Å². The molecule has 1 fully saturated rings. The third-order valence-electron chi connectivity index (χ3n) is 3.81. The van der Waals surface area contributed by atoms with Crippen LogP contribution in [-0.2, 0) is 16.6 Å². The number of hydrogen-bond donors (Lipinski definition) is 2. The minimum Gasteiger partial charge on any atom is -0.312 e. The Bertz CT molecular complexity index is 542. The molecule has 0 aliphatic heterocycles. The molecule has 4 nitrogen and oxygen atoms in total. The van der Waals surface area contributed by atoms with Crippen molar-refractivity contribution in [3.8, 4) is 0 Å². The summed E-state index contributed by atoms with van der Waals surface area (Å²) in [4.78, 5) is 1.33. The van der Waals surface area contributed by atoms with Crippen LogP contribution in [-0.4, -0.2) is 32.5 Å². The van der Waals surface area contributed by atoms with Gasteiger partial charge in [0.05, 0.1) is 4.90 Å². The van der Waals surface area contributed by atoms with Gasteiger partial charge in [0.25, 0.3) is 0 Å². The molecule has 1 saturated carbocycles. The Hall–Kier alpha value is -0.0800. The molecule has 0 bridgehead atoms. The van der Waals surface area contributed by atoms with Crippen LogP contribution in [0.3, 0.4) is 0 Å². The van der Waals surface area contributed by atoms with Crippen molar-refractivity contribution < 1.29 is 8.42 Å². The van der Waals surface area contributed by atoms with E-state index in [0.29, 0.717) is 16.7 Å². The van der Waals surface area contributed by atoms with Crippen molar-refractivity contribution in [1.29, 1.82) is 0 Å². The van der Waals surface area contributed by atoms with Gasteiger partial charge < -0.3 is 5.32 Å². The highest BCUT2D eigenvalue weighted by Crippen LogP contribution is 2.29. The molecule has 0 saturated heterocycles. The van der Waals surface area contributed by atoms with Gasteiger partial charge in [-0.05, 0) is 43.5 Å². The summed E-state index contributed by atoms with van der Waals surface area (Å²) in [6, 6.07) is 1.79. The van der Waals surface area contributed by atoms with E-state index in [2.05, 4.69) is 16.3 Å². The highest BCUT2D eigenvalue weighted by Gasteiger charge is 2.27. The van der Waals surface area contributed by atoms with Gasteiger partial charge in [0.1, 0.15) is 0 Å². The van der Waals surface area contributed by atoms with Crippen LogP contribution >= 0.6 is 23.1 Å². The van der Waals surface area contributed by atoms with Crippen molar-refractivity contribution in [3.63, 3.8) is 0 Å². The van der Waals surface area contributed by atoms with Crippen LogP contribution in [0.2, 0.25) is 0 Å². The van der Waals surface area contributed by atoms with Gasteiger partial charge in [0.15, 0.2) is 0 Å². The van der Waals surface area contributed by atoms with E-state index in [-0.39, 0.29) is 6.04 Å². The van der Waals surface area contributed by atoms with Crippen molar-refractivity contribution >= 4 is 33.1 Å². The number of thiophene rings is 1. The van der Waals surface area contributed by atoms with Gasteiger partial charge in [-0.25, -0.2) is 13.1 Å². The summed E-state index contributed by atoms with van der Waals surface area (Å²) in [5.74, 6) is 0. The molecule has 2 N–H and O–H groups in total. The molecule has 21 heavy (non-hydrogen) atoms. The molecule has 2 rings (SSSR count). The highest BCUT2D eigenvalue weighted by atomic mass is 32.2. The molecule has 1 aliphatic rings. The Kier molecular flexibility index (Phi) is 6.55. The lowest BCUT2D eigenvalue weighted by molar-refractivity contribution is 0.420. The van der Waals surface area contributed by atoms with Gasteiger partial charge in [-0.2, -0.15) is 11.8 Å². The van der Waals surface area contributed by atoms with E-state index in [4.69, 9.17) is 0 Å². The third-order valence-corrected chi connectivity index (χ3v) is 7.56. The van der Waals surface area contributed by atoms with Crippen LogP contribution < -0.4 is 10.0 Å². The van der Waals surface area contributed by atoms with Gasteiger partial charge in [-0.1, -0.05) is 13.3 Å². The summed E-state index contributed by atoms with van der Waals surface area (Å²) in [7, 11) is -3.40. The molecular formula is C14H24N2O2S3. The number of nitrogens with one attached hydrogen (secondary N) is 2. The molecule has 1 heterocycles. The van der Waals surface area contributed by atoms with Crippen molar-refractivity contribution in [3.05, 3.63) is 16.3 Å². The molecule has 0 amide bonds. The summed E-state index contributed by atoms with van der Waals surface area (Å²) in [5, 5.41) is 5.63. The first-order valence-corrected chi connectivity index (χ1v) is 11.0. The Morgan fingerprint density at radius 2 is 2.24 bits per heavy atom. The summed E-state index contributed by atoms with van der Waals surface area (Å²) in [5.41, 5.74) is 0. The molecule has 1 aliphatic carbocycles. The lowest BCUT2D eigenvalue weighted by Crippen LogP contribution is -2.39. The fourth-order valence-electron chi connectivity index (χ4n) is 2.68. The minimum atomic E-state index is -3.40. The molecule has 7 heteroatoms. The molecule has 2 unspecified atom stereocenters. The van der Waals surface area contributed by atoms with Crippen molar-refractivity contribution in [1.82, 2.24) is 10.0 Å². The lowest BCUT2D eigenvalue weighted by atomic mass is 9.96. The average Bonchev–Trinajstić information content (AvgIpc) is 2.94. The van der Waals surface area contributed by atoms with Crippen molar-refractivity contribution in [2.24, 2.45) is 0 Å². The fourth-order valence-corrected chi connectivity index (χ4v) is 6.21. The first-order valence-electron chi connectivity index (χ1n) is 7.39. The third kappa shape index (κ3) is 4.69. The summed E-state index contributed by atoms with van der Waals surface area (Å²) < 4.78 is 28.1. The number of hydrogen-bond acceptors (Lipinski definition) is 5. The summed E-state index contributed by atoms with van der Waals surface area (Å²) in [6.45, 7) is 3.47. The number of sulfonamides is 1. The molecule has 0 spiro atoms. The van der Waals surface area contributed by atoms with E-state index in [1.807, 2.05) is 24.1 Å². The number of rotatable bonds is 7. The maximum atomic E-state index is 12.6. The van der Waals surface area contributed by atoms with Gasteiger partial charge in [-0.3, -0.25) is 0 Å². The molecule has 120 valence electrons. The summed E-state index contributed by atoms with van der Waals surface area (Å²) >= 11 is 3.34. The topological polar surface area (TPSA) is 58.2 Å². The zero-order valence-corrected chi connectivity index (χ0v) is 15.0. The first kappa shape index (κ1) is 17.3. The van der Waals surface area contributed by atoms with Crippen molar-refractivity contribution in [2.75, 3.05) is 12.8 Å². The molecule has 1 aromatic rings. The Morgan fingerprint density at radius 1 is 1.43 bits per heavy atom. The Labute approximate surface area is 136 Å². The van der Waals surface area contributed by atoms with Gasteiger partial charge in [-0.15, -0.1) is 11.3 Å². The van der Waals surface area contributed by atoms with E-state index in [9.17, 15) is 8.42 Å². The first-order chi connectivity index (χ1) is 10.1. The van der Waals surface area contributed by atoms with Gasteiger partial charge in [0.2, 0.25) is 10.0 Å². The Morgan fingerprint density at radius 3 is 2.95 bits per heavy atom. The molecule has 0 aromatic carbocycles. The van der Waals surface area contributed by atoms with Crippen LogP contribution in [0.5, 0.6) is 0 Å². The smallest absolute Gasteiger partial charge is 0.241 e. The standard InChI is InChI=1S/C14H24N2O2S3/c1-3-15-10-13-14(7-8-20-13)21(17,18)16-11-5-4-6-12(9-11)19-2/h7-8,11-12,15-16H,3-6,9-10H2,1-2H3. The highest BCUT2D eigenvalue weighted by molar-refractivity contribution is 7.99. The monoisotopic (exact) mass is 348 g/mol. The summed E-state index contributed by atoms with van der Waals surface area (Å²) in [6.07, 6.45) is 6.29. The number of thioether (sulfide) groups is 1. The zero-order chi connectivity index (χ0) is 15.3. The second kappa shape index (κ2) is 7.97. The minimum absolute atomic E-state index is 0.0769. The molecule has 0 radical (unpaired) electrons. The van der Waals surface area contributed by atoms with E-state index >= 15 is 0 Å². The van der Waals surface area contributed by atoms with Gasteiger partial charge in [0, 0.05) is 22.7 Å². The predicted molar refractivity (Wildman–Crippen MR) is 91.6 cm³/mol. The SMILES string of the molecule is CCNCc1sccc1S(=O)(=O)NC1CCCC(SC)C1. The van der Waals surface area contributed by atoms with Crippen LogP contribution in [0.25, 0.3) is 0 Å². The van der Waals surface area contributed by atoms with Gasteiger partial charge >= 0.3 is 0 Å². The normalized spacial score (nSPS) is 23.3. The largest absolute Gasteiger partial charge is 0.312 e. The van der Waals surface area contributed by atoms with E-state index in [0.717, 1.165) is 30.7 Å². The van der Waals surface area contributed by atoms with Crippen LogP contribution in [0.1, 0.15) is 37.5 Å². The maximum absolute atomic E-state index is 12.6. The van der Waals surface area contributed by atoms with Crippen LogP contribution in [0.4, 0.5) is 0 Å². The zero-order valence-electron chi connectivity index (χ0n) is 12.6. The molecule has 1 aromatic heterocycles. The maximum Gasteiger partial charge on any atom is 0.241 e. The quantitative estimate of drug-likeness (QED) is 0.795. The van der Waals surface area contributed by atoms with E-state index < -0.39 is 10.0 Å². The van der Waals surface area contributed by atoms with Crippen molar-refractivity contribution in [2.45, 2.75) is 55.3 Å². The lowest BCUT2D eigenvalue weighted by Gasteiger charge is -2.28. The van der Waals surface area contributed by atoms with Crippen LogP contribution in [0, 0.1) is 0 Å².